The van der Waals surface area contributed by atoms with E-state index >= 15 is 0 Å². The molecule has 214 valence electrons. The zero-order chi connectivity index (χ0) is 27.9. The Morgan fingerprint density at radius 3 is 2.29 bits per heavy atom. The van der Waals surface area contributed by atoms with Gasteiger partial charge in [-0.25, -0.2) is 0 Å². The van der Waals surface area contributed by atoms with Gasteiger partial charge in [-0.05, 0) is 116 Å². The Labute approximate surface area is 230 Å². The van der Waals surface area contributed by atoms with Gasteiger partial charge in [0.15, 0.2) is 0 Å². The van der Waals surface area contributed by atoms with Gasteiger partial charge in [-0.2, -0.15) is 0 Å². The van der Waals surface area contributed by atoms with Gasteiger partial charge in [0.1, 0.15) is 0 Å². The van der Waals surface area contributed by atoms with Crippen molar-refractivity contribution in [3.63, 3.8) is 0 Å². The van der Waals surface area contributed by atoms with E-state index in [9.17, 15) is 14.7 Å². The van der Waals surface area contributed by atoms with Crippen molar-refractivity contribution in [1.29, 1.82) is 0 Å². The van der Waals surface area contributed by atoms with Crippen molar-refractivity contribution in [2.45, 2.75) is 119 Å². The predicted molar refractivity (Wildman–Crippen MR) is 149 cm³/mol. The Bertz CT molecular complexity index is 1020. The molecule has 5 rings (SSSR count). The molecule has 5 nitrogen and oxygen atoms in total. The van der Waals surface area contributed by atoms with Crippen molar-refractivity contribution in [2.24, 2.45) is 56.7 Å². The van der Waals surface area contributed by atoms with Gasteiger partial charge in [0.05, 0.1) is 24.5 Å². The van der Waals surface area contributed by atoms with Crippen molar-refractivity contribution in [3.05, 3.63) is 11.6 Å². The van der Waals surface area contributed by atoms with Gasteiger partial charge < -0.3 is 14.9 Å². The predicted octanol–water partition coefficient (Wildman–Crippen LogP) is 7.59. The Morgan fingerprint density at radius 1 is 0.921 bits per heavy atom. The molecule has 5 aliphatic carbocycles. The molecule has 5 aliphatic rings. The lowest BCUT2D eigenvalue weighted by Gasteiger charge is -2.71. The number of rotatable bonds is 5. The van der Waals surface area contributed by atoms with Gasteiger partial charge in [-0.15, -0.1) is 0 Å². The summed E-state index contributed by atoms with van der Waals surface area (Å²) in [6.07, 6.45) is 12.0. The molecule has 3 unspecified atom stereocenters. The largest absolute Gasteiger partial charge is 0.481 e. The summed E-state index contributed by atoms with van der Waals surface area (Å²) in [5, 5.41) is 19.7. The van der Waals surface area contributed by atoms with Gasteiger partial charge in [-0.1, -0.05) is 53.2 Å². The first-order chi connectivity index (χ1) is 17.6. The molecule has 0 aromatic carbocycles. The van der Waals surface area contributed by atoms with E-state index in [0.29, 0.717) is 29.6 Å². The maximum atomic E-state index is 13.0. The molecule has 0 aliphatic heterocycles. The molecule has 0 saturated heterocycles. The highest BCUT2D eigenvalue weighted by Crippen LogP contribution is 2.75. The van der Waals surface area contributed by atoms with E-state index in [0.717, 1.165) is 31.6 Å². The number of ether oxygens (including phenoxy) is 1. The molecule has 0 aromatic heterocycles. The molecule has 38 heavy (non-hydrogen) atoms. The minimum atomic E-state index is -1.00. The summed E-state index contributed by atoms with van der Waals surface area (Å²) in [6, 6.07) is 0. The third-order valence-corrected chi connectivity index (χ3v) is 14.1. The van der Waals surface area contributed by atoms with Crippen molar-refractivity contribution in [1.82, 2.24) is 0 Å². The summed E-state index contributed by atoms with van der Waals surface area (Å²) in [7, 11) is 0. The van der Waals surface area contributed by atoms with Crippen LogP contribution < -0.4 is 0 Å². The van der Waals surface area contributed by atoms with Crippen molar-refractivity contribution < 1.29 is 24.5 Å². The average Bonchev–Trinajstić information content (AvgIpc) is 2.84. The fraction of sp³-hybridized carbons (Fsp3) is 0.879. The summed E-state index contributed by atoms with van der Waals surface area (Å²) in [5.41, 5.74) is 1.39. The molecule has 2 N–H and O–H groups in total. The Morgan fingerprint density at radius 2 is 1.63 bits per heavy atom. The average molecular weight is 529 g/mol. The second-order valence-electron chi connectivity index (χ2n) is 15.4. The second-order valence-corrected chi connectivity index (χ2v) is 15.4. The molecule has 11 atom stereocenters. The van der Waals surface area contributed by atoms with Crippen LogP contribution in [0.25, 0.3) is 0 Å². The van der Waals surface area contributed by atoms with Crippen LogP contribution in [0, 0.1) is 56.7 Å². The molecule has 0 heterocycles. The van der Waals surface area contributed by atoms with Gasteiger partial charge in [0, 0.05) is 0 Å². The number of carbonyl (C=O) groups is 2. The summed E-state index contributed by atoms with van der Waals surface area (Å²) in [4.78, 5) is 24.1. The van der Waals surface area contributed by atoms with E-state index in [-0.39, 0.29) is 35.2 Å². The Hall–Kier alpha value is -1.36. The van der Waals surface area contributed by atoms with Crippen molar-refractivity contribution in [3.8, 4) is 0 Å². The third-order valence-electron chi connectivity index (χ3n) is 14.1. The smallest absolute Gasteiger partial charge is 0.312 e. The van der Waals surface area contributed by atoms with Crippen LogP contribution >= 0.6 is 0 Å². The van der Waals surface area contributed by atoms with E-state index in [4.69, 9.17) is 9.84 Å². The number of hydrogen-bond acceptors (Lipinski definition) is 3. The van der Waals surface area contributed by atoms with Gasteiger partial charge in [0.2, 0.25) is 0 Å². The first-order valence-corrected chi connectivity index (χ1v) is 15.4. The molecule has 0 spiro atoms. The maximum absolute atomic E-state index is 13.0. The Kier molecular flexibility index (Phi) is 6.73. The standard InChI is InChI=1S/C33H52O5/c1-20-10-14-29(3)17-18-31(5)22(27(29)21(20)2)8-9-23-30(4)15-12-25(38-19-13-26(34)35)33(7,28(36)37)24(30)11-16-32(23,31)6/h8,20-21,23-25,27H,9-19H2,1-7H3,(H,34,35)(H,36,37)/t20-,21+,23?,24?,25-,27?,29-,30-,31-,32-,33-/m1/s1. The van der Waals surface area contributed by atoms with E-state index in [1.54, 1.807) is 5.57 Å². The van der Waals surface area contributed by atoms with Crippen LogP contribution in [0.5, 0.6) is 0 Å². The lowest BCUT2D eigenvalue weighted by atomic mass is 9.33. The number of fused-ring (bicyclic) bond motifs is 7. The monoisotopic (exact) mass is 528 g/mol. The lowest BCUT2D eigenvalue weighted by Crippen LogP contribution is -2.66. The van der Waals surface area contributed by atoms with Crippen molar-refractivity contribution in [2.75, 3.05) is 6.61 Å². The van der Waals surface area contributed by atoms with E-state index < -0.39 is 23.5 Å². The molecule has 5 heteroatoms. The number of aliphatic carboxylic acids is 2. The summed E-state index contributed by atoms with van der Waals surface area (Å²) in [6.45, 7) is 17.1. The van der Waals surface area contributed by atoms with E-state index in [1.807, 2.05) is 6.92 Å². The number of carboxylic acids is 2. The van der Waals surface area contributed by atoms with Crippen LogP contribution in [0.15, 0.2) is 11.6 Å². The molecule has 0 aromatic rings. The van der Waals surface area contributed by atoms with Gasteiger partial charge >= 0.3 is 11.9 Å². The van der Waals surface area contributed by atoms with Crippen LogP contribution in [0.2, 0.25) is 0 Å². The molecule has 4 fully saturated rings. The quantitative estimate of drug-likeness (QED) is 0.359. The molecule has 4 saturated carbocycles. The minimum Gasteiger partial charge on any atom is -0.481 e. The third kappa shape index (κ3) is 3.65. The fourth-order valence-corrected chi connectivity index (χ4v) is 11.4. The maximum Gasteiger partial charge on any atom is 0.312 e. The van der Waals surface area contributed by atoms with Crippen LogP contribution in [0.3, 0.4) is 0 Å². The molecule has 0 amide bonds. The van der Waals surface area contributed by atoms with E-state index in [2.05, 4.69) is 47.6 Å². The summed E-state index contributed by atoms with van der Waals surface area (Å²) >= 11 is 0. The summed E-state index contributed by atoms with van der Waals surface area (Å²) < 4.78 is 6.05. The summed E-state index contributed by atoms with van der Waals surface area (Å²) in [5.74, 6) is 0.921. The molecular weight excluding hydrogens is 476 g/mol. The topological polar surface area (TPSA) is 83.8 Å². The molecular formula is C33H52O5. The second kappa shape index (κ2) is 9.08. The minimum absolute atomic E-state index is 0.0233. The molecule has 0 radical (unpaired) electrons. The highest BCUT2D eigenvalue weighted by Gasteiger charge is 2.70. The van der Waals surface area contributed by atoms with Gasteiger partial charge in [-0.3, -0.25) is 9.59 Å². The number of allylic oxidation sites excluding steroid dienone is 2. The van der Waals surface area contributed by atoms with Crippen LogP contribution in [-0.2, 0) is 14.3 Å². The first-order valence-electron chi connectivity index (χ1n) is 15.4. The van der Waals surface area contributed by atoms with Gasteiger partial charge in [0.25, 0.3) is 0 Å². The number of hydrogen-bond donors (Lipinski definition) is 2. The first kappa shape index (κ1) is 28.2. The highest BCUT2D eigenvalue weighted by atomic mass is 16.5. The SMILES string of the molecule is C[C@@H]1CC[C@]2(C)CC[C@]3(C)C(=CCC4[C@@]5(C)CC[C@@H](OCCC(=O)O)[C@](C)(C(=O)O)C5CC[C@]43C)C2[C@H]1C. The van der Waals surface area contributed by atoms with Crippen LogP contribution in [0.1, 0.15) is 113 Å². The lowest BCUT2D eigenvalue weighted by molar-refractivity contribution is -0.224. The Balaban J connectivity index is 1.51. The highest BCUT2D eigenvalue weighted by molar-refractivity contribution is 5.76. The van der Waals surface area contributed by atoms with E-state index in [1.165, 1.54) is 25.7 Å². The van der Waals surface area contributed by atoms with Crippen LogP contribution in [0.4, 0.5) is 0 Å². The van der Waals surface area contributed by atoms with Crippen LogP contribution in [-0.4, -0.2) is 34.9 Å². The fourth-order valence-electron chi connectivity index (χ4n) is 11.4. The zero-order valence-electron chi connectivity index (χ0n) is 24.9. The molecule has 0 bridgehead atoms. The zero-order valence-corrected chi connectivity index (χ0v) is 24.9. The normalized spacial score (nSPS) is 52.0. The number of carboxylic acid groups (broad SMARTS) is 2. The van der Waals surface area contributed by atoms with Crippen molar-refractivity contribution >= 4 is 11.9 Å².